The highest BCUT2D eigenvalue weighted by atomic mass is 19.1. The van der Waals surface area contributed by atoms with Gasteiger partial charge >= 0.3 is 0 Å². The number of likely N-dealkylation sites (N-methyl/N-ethyl adjacent to an activating group) is 1. The van der Waals surface area contributed by atoms with Gasteiger partial charge in [-0.3, -0.25) is 14.5 Å². The molecule has 2 saturated heterocycles. The van der Waals surface area contributed by atoms with E-state index >= 15 is 0 Å². The molecule has 2 aromatic carbocycles. The van der Waals surface area contributed by atoms with Crippen LogP contribution in [0.1, 0.15) is 48.0 Å². The lowest BCUT2D eigenvalue weighted by Gasteiger charge is -2.44. The van der Waals surface area contributed by atoms with E-state index in [-0.39, 0.29) is 23.7 Å². The van der Waals surface area contributed by atoms with Crippen molar-refractivity contribution in [1.82, 2.24) is 10.2 Å². The summed E-state index contributed by atoms with van der Waals surface area (Å²) < 4.78 is 13.9. The van der Waals surface area contributed by atoms with Crippen molar-refractivity contribution in [2.24, 2.45) is 5.92 Å². The van der Waals surface area contributed by atoms with Gasteiger partial charge in [-0.2, -0.15) is 0 Å². The number of benzene rings is 2. The second-order valence-electron chi connectivity index (χ2n) is 9.83. The van der Waals surface area contributed by atoms with Gasteiger partial charge in [0, 0.05) is 37.8 Å². The first kappa shape index (κ1) is 22.8. The molecule has 7 heteroatoms. The SMILES string of the molecule is CN1C(=O)C2CCCCN2c2ccc(C(=O)NCC3CCN(Cc4ccccc4F)CC3)cc21. The monoisotopic (exact) mass is 464 g/mol. The molecule has 5 rings (SSSR count). The van der Waals surface area contributed by atoms with Crippen molar-refractivity contribution in [1.29, 1.82) is 0 Å². The zero-order valence-electron chi connectivity index (χ0n) is 19.8. The van der Waals surface area contributed by atoms with Crippen LogP contribution in [0.25, 0.3) is 0 Å². The fourth-order valence-corrected chi connectivity index (χ4v) is 5.55. The molecule has 2 fully saturated rings. The lowest BCUT2D eigenvalue weighted by Crippen LogP contribution is -2.54. The normalized spacial score (nSPS) is 21.2. The smallest absolute Gasteiger partial charge is 0.251 e. The van der Waals surface area contributed by atoms with Gasteiger partial charge in [-0.25, -0.2) is 4.39 Å². The van der Waals surface area contributed by atoms with Crippen molar-refractivity contribution >= 4 is 23.2 Å². The summed E-state index contributed by atoms with van der Waals surface area (Å²) in [6.07, 6.45) is 5.02. The van der Waals surface area contributed by atoms with Crippen LogP contribution < -0.4 is 15.1 Å². The van der Waals surface area contributed by atoms with Crippen LogP contribution in [0, 0.1) is 11.7 Å². The highest BCUT2D eigenvalue weighted by molar-refractivity contribution is 6.07. The van der Waals surface area contributed by atoms with Gasteiger partial charge in [-0.15, -0.1) is 0 Å². The van der Waals surface area contributed by atoms with Crippen molar-refractivity contribution in [3.8, 4) is 0 Å². The van der Waals surface area contributed by atoms with Crippen LogP contribution >= 0.6 is 0 Å². The number of rotatable bonds is 5. The number of nitrogens with zero attached hydrogens (tertiary/aromatic N) is 3. The molecule has 180 valence electrons. The van der Waals surface area contributed by atoms with E-state index in [4.69, 9.17) is 0 Å². The van der Waals surface area contributed by atoms with Gasteiger partial charge in [0.2, 0.25) is 5.91 Å². The summed E-state index contributed by atoms with van der Waals surface area (Å²) in [6.45, 7) is 3.95. The van der Waals surface area contributed by atoms with Crippen molar-refractivity contribution in [3.63, 3.8) is 0 Å². The number of hydrogen-bond acceptors (Lipinski definition) is 4. The summed E-state index contributed by atoms with van der Waals surface area (Å²) in [5, 5.41) is 3.10. The summed E-state index contributed by atoms with van der Waals surface area (Å²) in [6, 6.07) is 12.6. The minimum absolute atomic E-state index is 0.0739. The summed E-state index contributed by atoms with van der Waals surface area (Å²) in [5.74, 6) is 0.284. The third kappa shape index (κ3) is 4.53. The van der Waals surface area contributed by atoms with E-state index in [1.54, 1.807) is 11.0 Å². The Balaban J connectivity index is 1.16. The number of anilines is 2. The largest absolute Gasteiger partial charge is 0.358 e. The average molecular weight is 465 g/mol. The Morgan fingerprint density at radius 1 is 1.03 bits per heavy atom. The molecule has 0 radical (unpaired) electrons. The molecular weight excluding hydrogens is 431 g/mol. The highest BCUT2D eigenvalue weighted by Crippen LogP contribution is 2.39. The topological polar surface area (TPSA) is 55.9 Å². The molecule has 3 heterocycles. The van der Waals surface area contributed by atoms with Crippen molar-refractivity contribution < 1.29 is 14.0 Å². The number of likely N-dealkylation sites (tertiary alicyclic amines) is 1. The first-order valence-electron chi connectivity index (χ1n) is 12.4. The summed E-state index contributed by atoms with van der Waals surface area (Å²) in [4.78, 5) is 32.0. The van der Waals surface area contributed by atoms with E-state index < -0.39 is 0 Å². The first-order chi connectivity index (χ1) is 16.5. The fourth-order valence-electron chi connectivity index (χ4n) is 5.55. The molecule has 3 aliphatic heterocycles. The Kier molecular flexibility index (Phi) is 6.55. The van der Waals surface area contributed by atoms with Crippen molar-refractivity contribution in [3.05, 3.63) is 59.4 Å². The van der Waals surface area contributed by atoms with Crippen LogP contribution in [0.4, 0.5) is 15.8 Å². The fraction of sp³-hybridized carbons (Fsp3) is 0.481. The van der Waals surface area contributed by atoms with Crippen LogP contribution in [0.3, 0.4) is 0 Å². The van der Waals surface area contributed by atoms with Crippen molar-refractivity contribution in [2.75, 3.05) is 43.0 Å². The Bertz CT molecular complexity index is 1070. The molecular formula is C27H33FN4O2. The van der Waals surface area contributed by atoms with Crippen LogP contribution in [0.15, 0.2) is 42.5 Å². The summed E-state index contributed by atoms with van der Waals surface area (Å²) in [7, 11) is 1.81. The van der Waals surface area contributed by atoms with Gasteiger partial charge < -0.3 is 15.1 Å². The number of fused-ring (bicyclic) bond motifs is 3. The quantitative estimate of drug-likeness (QED) is 0.731. The van der Waals surface area contributed by atoms with Crippen LogP contribution in [0.2, 0.25) is 0 Å². The Labute approximate surface area is 200 Å². The van der Waals surface area contributed by atoms with E-state index in [0.717, 1.165) is 68.7 Å². The molecule has 34 heavy (non-hydrogen) atoms. The molecule has 0 spiro atoms. The predicted octanol–water partition coefficient (Wildman–Crippen LogP) is 3.80. The molecule has 6 nitrogen and oxygen atoms in total. The van der Waals surface area contributed by atoms with Crippen molar-refractivity contribution in [2.45, 2.75) is 44.7 Å². The van der Waals surface area contributed by atoms with Gasteiger partial charge in [-0.1, -0.05) is 18.2 Å². The molecule has 3 aliphatic rings. The second-order valence-corrected chi connectivity index (χ2v) is 9.83. The van der Waals surface area contributed by atoms with Crippen LogP contribution in [0.5, 0.6) is 0 Å². The molecule has 0 aliphatic carbocycles. The van der Waals surface area contributed by atoms with E-state index in [2.05, 4.69) is 15.1 Å². The number of carbonyl (C=O) groups excluding carboxylic acids is 2. The van der Waals surface area contributed by atoms with E-state index in [0.29, 0.717) is 24.6 Å². The molecule has 1 unspecified atom stereocenters. The number of halogens is 1. The third-order valence-corrected chi connectivity index (χ3v) is 7.64. The standard InChI is InChI=1S/C27H33FN4O2/c1-30-25-16-20(9-10-23(25)32-13-5-4-8-24(32)27(30)34)26(33)29-17-19-11-14-31(15-12-19)18-21-6-2-3-7-22(21)28/h2-3,6-7,9-10,16,19,24H,4-5,8,11-15,17-18H2,1H3,(H,29,33). The molecule has 1 atom stereocenters. The number of nitrogens with one attached hydrogen (secondary N) is 1. The van der Waals surface area contributed by atoms with E-state index in [9.17, 15) is 14.0 Å². The van der Waals surface area contributed by atoms with Crippen LogP contribution in [-0.2, 0) is 11.3 Å². The van der Waals surface area contributed by atoms with Gasteiger partial charge in [0.15, 0.2) is 0 Å². The Morgan fingerprint density at radius 2 is 1.82 bits per heavy atom. The minimum atomic E-state index is -0.148. The molecule has 0 aromatic heterocycles. The van der Waals surface area contributed by atoms with Gasteiger partial charge in [0.25, 0.3) is 5.91 Å². The van der Waals surface area contributed by atoms with Gasteiger partial charge in [0.05, 0.1) is 11.4 Å². The summed E-state index contributed by atoms with van der Waals surface area (Å²) in [5.41, 5.74) is 3.19. The number of piperidine rings is 2. The third-order valence-electron chi connectivity index (χ3n) is 7.64. The molecule has 0 bridgehead atoms. The van der Waals surface area contributed by atoms with E-state index in [1.165, 1.54) is 6.07 Å². The lowest BCUT2D eigenvalue weighted by atomic mass is 9.95. The van der Waals surface area contributed by atoms with Crippen LogP contribution in [-0.4, -0.2) is 56.0 Å². The molecule has 0 saturated carbocycles. The Morgan fingerprint density at radius 3 is 2.62 bits per heavy atom. The zero-order chi connectivity index (χ0) is 23.7. The number of carbonyl (C=O) groups is 2. The maximum absolute atomic E-state index is 13.9. The molecule has 2 amide bonds. The highest BCUT2D eigenvalue weighted by Gasteiger charge is 2.38. The lowest BCUT2D eigenvalue weighted by molar-refractivity contribution is -0.120. The summed E-state index contributed by atoms with van der Waals surface area (Å²) >= 11 is 0. The second kappa shape index (κ2) is 9.74. The minimum Gasteiger partial charge on any atom is -0.358 e. The Hall–Kier alpha value is -2.93. The molecule has 1 N–H and O–H groups in total. The predicted molar refractivity (Wildman–Crippen MR) is 132 cm³/mol. The first-order valence-corrected chi connectivity index (χ1v) is 12.4. The average Bonchev–Trinajstić information content (AvgIpc) is 2.87. The molecule has 2 aromatic rings. The van der Waals surface area contributed by atoms with E-state index in [1.807, 2.05) is 37.4 Å². The number of amides is 2. The van der Waals surface area contributed by atoms with Gasteiger partial charge in [0.1, 0.15) is 11.9 Å². The van der Waals surface area contributed by atoms with Gasteiger partial charge in [-0.05, 0) is 75.4 Å². The maximum Gasteiger partial charge on any atom is 0.251 e. The zero-order valence-corrected chi connectivity index (χ0v) is 19.8. The number of hydrogen-bond donors (Lipinski definition) is 1. The maximum atomic E-state index is 13.9.